The fourth-order valence-electron chi connectivity index (χ4n) is 1.76. The molecule has 86 valence electrons. The van der Waals surface area contributed by atoms with E-state index in [1.807, 2.05) is 6.07 Å². The number of hydrogen-bond acceptors (Lipinski definition) is 4. The van der Waals surface area contributed by atoms with Gasteiger partial charge in [0.25, 0.3) is 0 Å². The fraction of sp³-hybridized carbons (Fsp3) is 0.250. The molecular weight excluding hydrogens is 216 g/mol. The number of aromatic nitrogens is 2. The first-order valence-corrected chi connectivity index (χ1v) is 5.27. The van der Waals surface area contributed by atoms with Crippen molar-refractivity contribution in [1.29, 1.82) is 5.26 Å². The molecule has 0 aliphatic heterocycles. The molecule has 1 heterocycles. The van der Waals surface area contributed by atoms with Crippen LogP contribution in [0.5, 0.6) is 0 Å². The number of fused-ring (bicyclic) bond motifs is 1. The zero-order chi connectivity index (χ0) is 12.4. The molecule has 0 saturated carbocycles. The number of carbonyl (C=O) groups is 1. The Balaban J connectivity index is 2.53. The highest BCUT2D eigenvalue weighted by molar-refractivity contribution is 5.97. The molecule has 0 unspecified atom stereocenters. The monoisotopic (exact) mass is 228 g/mol. The van der Waals surface area contributed by atoms with Crippen LogP contribution in [-0.4, -0.2) is 15.3 Å². The average Bonchev–Trinajstić information content (AvgIpc) is 2.61. The number of carbonyl (C=O) groups excluding carboxylic acids is 1. The van der Waals surface area contributed by atoms with Crippen LogP contribution in [0.3, 0.4) is 0 Å². The second-order valence-corrected chi connectivity index (χ2v) is 3.79. The maximum absolute atomic E-state index is 11.2. The van der Waals surface area contributed by atoms with E-state index in [9.17, 15) is 4.79 Å². The molecule has 0 bridgehead atoms. The normalized spacial score (nSPS) is 10.4. The molecule has 1 aromatic carbocycles. The summed E-state index contributed by atoms with van der Waals surface area (Å²) < 4.78 is 1.78. The Morgan fingerprint density at radius 3 is 3.00 bits per heavy atom. The van der Waals surface area contributed by atoms with E-state index >= 15 is 0 Å². The molecule has 5 heteroatoms. The number of hydrogen-bond donors (Lipinski definition) is 1. The van der Waals surface area contributed by atoms with Gasteiger partial charge in [-0.25, -0.2) is 4.98 Å². The molecule has 0 aliphatic carbocycles. The van der Waals surface area contributed by atoms with Crippen LogP contribution < -0.4 is 5.73 Å². The Morgan fingerprint density at radius 1 is 1.59 bits per heavy atom. The summed E-state index contributed by atoms with van der Waals surface area (Å²) in [6.45, 7) is 2.02. The summed E-state index contributed by atoms with van der Waals surface area (Å²) in [5.74, 6) is 0.369. The molecule has 2 aromatic rings. The van der Waals surface area contributed by atoms with Crippen LogP contribution in [0.2, 0.25) is 0 Å². The number of imidazole rings is 1. The van der Waals surface area contributed by atoms with Gasteiger partial charge in [-0.15, -0.1) is 0 Å². The summed E-state index contributed by atoms with van der Waals surface area (Å²) in [5, 5.41) is 8.58. The summed E-state index contributed by atoms with van der Waals surface area (Å²) in [4.78, 5) is 15.4. The number of anilines is 1. The van der Waals surface area contributed by atoms with E-state index < -0.39 is 0 Å². The smallest absolute Gasteiger partial charge is 0.201 e. The first-order chi connectivity index (χ1) is 8.13. The van der Waals surface area contributed by atoms with Gasteiger partial charge < -0.3 is 10.3 Å². The third kappa shape index (κ3) is 1.97. The minimum atomic E-state index is -0.00273. The van der Waals surface area contributed by atoms with Gasteiger partial charge in [0.15, 0.2) is 5.78 Å². The SMILES string of the molecule is CC(=O)c1ccc2c(c1)nc(N)n2CCC#N. The lowest BCUT2D eigenvalue weighted by molar-refractivity contribution is 0.101. The first kappa shape index (κ1) is 11.1. The number of ketones is 1. The summed E-state index contributed by atoms with van der Waals surface area (Å²) in [6, 6.07) is 7.35. The van der Waals surface area contributed by atoms with Gasteiger partial charge in [0.05, 0.1) is 23.5 Å². The lowest BCUT2D eigenvalue weighted by atomic mass is 10.1. The lowest BCUT2D eigenvalue weighted by Crippen LogP contribution is -2.02. The van der Waals surface area contributed by atoms with E-state index in [2.05, 4.69) is 11.1 Å². The number of nitriles is 1. The molecule has 0 saturated heterocycles. The molecular formula is C12H12N4O. The maximum atomic E-state index is 11.2. The van der Waals surface area contributed by atoms with Gasteiger partial charge in [-0.05, 0) is 25.1 Å². The highest BCUT2D eigenvalue weighted by Crippen LogP contribution is 2.19. The largest absolute Gasteiger partial charge is 0.369 e. The van der Waals surface area contributed by atoms with Crippen LogP contribution in [0, 0.1) is 11.3 Å². The highest BCUT2D eigenvalue weighted by Gasteiger charge is 2.09. The van der Waals surface area contributed by atoms with Crippen molar-refractivity contribution in [3.05, 3.63) is 23.8 Å². The van der Waals surface area contributed by atoms with Crippen molar-refractivity contribution >= 4 is 22.8 Å². The van der Waals surface area contributed by atoms with Crippen molar-refractivity contribution in [2.45, 2.75) is 19.9 Å². The van der Waals surface area contributed by atoms with E-state index in [0.29, 0.717) is 30.0 Å². The molecule has 0 amide bonds. The summed E-state index contributed by atoms with van der Waals surface area (Å²) in [5.41, 5.74) is 7.93. The number of benzene rings is 1. The van der Waals surface area contributed by atoms with Crippen molar-refractivity contribution < 1.29 is 4.79 Å². The molecule has 0 atom stereocenters. The highest BCUT2D eigenvalue weighted by atomic mass is 16.1. The van der Waals surface area contributed by atoms with Crippen LogP contribution in [0.1, 0.15) is 23.7 Å². The van der Waals surface area contributed by atoms with Gasteiger partial charge in [0, 0.05) is 12.1 Å². The van der Waals surface area contributed by atoms with E-state index in [-0.39, 0.29) is 5.78 Å². The van der Waals surface area contributed by atoms with Crippen molar-refractivity contribution in [2.75, 3.05) is 5.73 Å². The first-order valence-electron chi connectivity index (χ1n) is 5.27. The summed E-state index contributed by atoms with van der Waals surface area (Å²) in [6.07, 6.45) is 0.379. The van der Waals surface area contributed by atoms with Gasteiger partial charge in [-0.1, -0.05) is 0 Å². The number of rotatable bonds is 3. The predicted molar refractivity (Wildman–Crippen MR) is 64.4 cm³/mol. The Labute approximate surface area is 98.5 Å². The second kappa shape index (κ2) is 4.26. The second-order valence-electron chi connectivity index (χ2n) is 3.79. The molecule has 0 aliphatic rings. The zero-order valence-corrected chi connectivity index (χ0v) is 9.47. The third-order valence-electron chi connectivity index (χ3n) is 2.63. The van der Waals surface area contributed by atoms with Crippen LogP contribution in [0.4, 0.5) is 5.95 Å². The predicted octanol–water partition coefficient (Wildman–Crippen LogP) is 1.73. The quantitative estimate of drug-likeness (QED) is 0.811. The minimum Gasteiger partial charge on any atom is -0.369 e. The van der Waals surface area contributed by atoms with Crippen molar-refractivity contribution in [3.63, 3.8) is 0 Å². The Morgan fingerprint density at radius 2 is 2.35 bits per heavy atom. The molecule has 2 rings (SSSR count). The Bertz CT molecular complexity index is 621. The summed E-state index contributed by atoms with van der Waals surface area (Å²) >= 11 is 0. The minimum absolute atomic E-state index is 0.00273. The average molecular weight is 228 g/mol. The number of nitrogen functional groups attached to an aromatic ring is 1. The van der Waals surface area contributed by atoms with Gasteiger partial charge in [0.1, 0.15) is 0 Å². The van der Waals surface area contributed by atoms with E-state index in [1.165, 1.54) is 6.92 Å². The molecule has 5 nitrogen and oxygen atoms in total. The number of nitrogens with zero attached hydrogens (tertiary/aromatic N) is 3. The van der Waals surface area contributed by atoms with Crippen LogP contribution in [0.25, 0.3) is 11.0 Å². The molecule has 1 aromatic heterocycles. The van der Waals surface area contributed by atoms with Crippen molar-refractivity contribution in [1.82, 2.24) is 9.55 Å². The van der Waals surface area contributed by atoms with E-state index in [4.69, 9.17) is 11.0 Å². The molecule has 2 N–H and O–H groups in total. The lowest BCUT2D eigenvalue weighted by Gasteiger charge is -2.02. The van der Waals surface area contributed by atoms with Crippen LogP contribution in [0.15, 0.2) is 18.2 Å². The third-order valence-corrected chi connectivity index (χ3v) is 2.63. The number of Topliss-reactive ketones (excluding diaryl/α,β-unsaturated/α-hetero) is 1. The van der Waals surface area contributed by atoms with Gasteiger partial charge >= 0.3 is 0 Å². The topological polar surface area (TPSA) is 84.7 Å². The molecule has 0 spiro atoms. The standard InChI is InChI=1S/C12H12N4O/c1-8(17)9-3-4-11-10(7-9)15-12(14)16(11)6-2-5-13/h3-4,7H,2,6H2,1H3,(H2,14,15). The van der Waals surface area contributed by atoms with E-state index in [1.54, 1.807) is 16.7 Å². The van der Waals surface area contributed by atoms with Crippen molar-refractivity contribution in [2.24, 2.45) is 0 Å². The number of aryl methyl sites for hydroxylation is 1. The maximum Gasteiger partial charge on any atom is 0.201 e. The van der Waals surface area contributed by atoms with Crippen LogP contribution in [-0.2, 0) is 6.54 Å². The van der Waals surface area contributed by atoms with Gasteiger partial charge in [0.2, 0.25) is 5.95 Å². The molecule has 17 heavy (non-hydrogen) atoms. The van der Waals surface area contributed by atoms with Crippen LogP contribution >= 0.6 is 0 Å². The Kier molecular flexibility index (Phi) is 2.79. The van der Waals surface area contributed by atoms with Gasteiger partial charge in [-0.2, -0.15) is 5.26 Å². The Hall–Kier alpha value is -2.35. The number of nitrogens with two attached hydrogens (primary N) is 1. The zero-order valence-electron chi connectivity index (χ0n) is 9.47. The van der Waals surface area contributed by atoms with Crippen molar-refractivity contribution in [3.8, 4) is 6.07 Å². The van der Waals surface area contributed by atoms with Gasteiger partial charge in [-0.3, -0.25) is 4.79 Å². The molecule has 0 fully saturated rings. The summed E-state index contributed by atoms with van der Waals surface area (Å²) in [7, 11) is 0. The fourth-order valence-corrected chi connectivity index (χ4v) is 1.76. The molecule has 0 radical (unpaired) electrons. The van der Waals surface area contributed by atoms with E-state index in [0.717, 1.165) is 5.52 Å².